The predicted octanol–water partition coefficient (Wildman–Crippen LogP) is 5.75. The second-order valence-electron chi connectivity index (χ2n) is 7.55. The van der Waals surface area contributed by atoms with Gasteiger partial charge in [0.05, 0.1) is 17.9 Å². The lowest BCUT2D eigenvalue weighted by Crippen LogP contribution is -2.32. The number of hydrogen-bond acceptors (Lipinski definition) is 4. The Kier molecular flexibility index (Phi) is 6.01. The Morgan fingerprint density at radius 2 is 1.66 bits per heavy atom. The average Bonchev–Trinajstić information content (AvgIpc) is 3.01. The van der Waals surface area contributed by atoms with Crippen LogP contribution in [0.3, 0.4) is 0 Å². The summed E-state index contributed by atoms with van der Waals surface area (Å²) >= 11 is 6.18. The summed E-state index contributed by atoms with van der Waals surface area (Å²) in [6.07, 6.45) is 0. The molecule has 4 rings (SSSR count). The number of imide groups is 1. The van der Waals surface area contributed by atoms with Crippen LogP contribution < -0.4 is 15.0 Å². The minimum absolute atomic E-state index is 0.204. The van der Waals surface area contributed by atoms with Gasteiger partial charge in [0, 0.05) is 10.7 Å². The van der Waals surface area contributed by atoms with Crippen molar-refractivity contribution in [2.45, 2.75) is 20.8 Å². The van der Waals surface area contributed by atoms with Crippen molar-refractivity contribution in [3.63, 3.8) is 0 Å². The normalized spacial score (nSPS) is 13.7. The number of rotatable bonds is 6. The van der Waals surface area contributed by atoms with Gasteiger partial charge in [-0.15, -0.1) is 0 Å². The fourth-order valence-electron chi connectivity index (χ4n) is 3.64. The van der Waals surface area contributed by atoms with Gasteiger partial charge in [0.25, 0.3) is 11.8 Å². The molecule has 0 unspecified atom stereocenters. The lowest BCUT2D eigenvalue weighted by atomic mass is 10.0. The van der Waals surface area contributed by atoms with E-state index < -0.39 is 11.8 Å². The summed E-state index contributed by atoms with van der Waals surface area (Å²) in [4.78, 5) is 28.4. The summed E-state index contributed by atoms with van der Waals surface area (Å²) in [5.41, 5.74) is 4.21. The molecular weight excluding hydrogens is 424 g/mol. The van der Waals surface area contributed by atoms with Crippen molar-refractivity contribution >= 4 is 40.4 Å². The van der Waals surface area contributed by atoms with Crippen molar-refractivity contribution in [1.29, 1.82) is 0 Å². The van der Waals surface area contributed by atoms with Crippen LogP contribution in [0.4, 0.5) is 11.4 Å². The number of halogens is 1. The number of carbonyl (C=O) groups excluding carboxylic acids is 2. The summed E-state index contributed by atoms with van der Waals surface area (Å²) in [6, 6.07) is 19.9. The topological polar surface area (TPSA) is 58.6 Å². The minimum atomic E-state index is -0.447. The van der Waals surface area contributed by atoms with Gasteiger partial charge in [-0.05, 0) is 56.2 Å². The number of para-hydroxylation sites is 2. The summed E-state index contributed by atoms with van der Waals surface area (Å²) in [5, 5.41) is 3.72. The maximum Gasteiger partial charge on any atom is 0.282 e. The Morgan fingerprint density at radius 3 is 2.38 bits per heavy atom. The Bertz CT molecular complexity index is 1230. The van der Waals surface area contributed by atoms with Crippen molar-refractivity contribution in [1.82, 2.24) is 0 Å². The highest BCUT2D eigenvalue weighted by Gasteiger charge is 2.41. The van der Waals surface area contributed by atoms with Crippen LogP contribution in [-0.2, 0) is 9.59 Å². The Hall–Kier alpha value is -3.57. The van der Waals surface area contributed by atoms with Crippen LogP contribution in [0.2, 0.25) is 5.02 Å². The van der Waals surface area contributed by atoms with E-state index in [1.165, 1.54) is 4.90 Å². The molecule has 3 aromatic carbocycles. The van der Waals surface area contributed by atoms with E-state index in [1.54, 1.807) is 30.3 Å². The van der Waals surface area contributed by atoms with Crippen LogP contribution in [0.15, 0.2) is 72.4 Å². The molecule has 6 heteroatoms. The zero-order chi connectivity index (χ0) is 22.8. The number of nitrogens with zero attached hydrogens (tertiary/aromatic N) is 1. The monoisotopic (exact) mass is 446 g/mol. The molecule has 0 saturated carbocycles. The smallest absolute Gasteiger partial charge is 0.282 e. The van der Waals surface area contributed by atoms with Gasteiger partial charge in [0.2, 0.25) is 0 Å². The zero-order valence-corrected chi connectivity index (χ0v) is 18.9. The molecule has 0 aliphatic carbocycles. The van der Waals surface area contributed by atoms with E-state index >= 15 is 0 Å². The number of benzene rings is 3. The van der Waals surface area contributed by atoms with Crippen molar-refractivity contribution in [3.8, 4) is 5.75 Å². The third-order valence-corrected chi connectivity index (χ3v) is 5.52. The van der Waals surface area contributed by atoms with Gasteiger partial charge < -0.3 is 10.1 Å². The summed E-state index contributed by atoms with van der Waals surface area (Å²) in [6.45, 7) is 6.15. The molecular formula is C26H23ClN2O3. The van der Waals surface area contributed by atoms with Gasteiger partial charge in [-0.25, -0.2) is 4.90 Å². The minimum Gasteiger partial charge on any atom is -0.492 e. The molecule has 0 aromatic heterocycles. The predicted molar refractivity (Wildman–Crippen MR) is 128 cm³/mol. The van der Waals surface area contributed by atoms with Crippen LogP contribution in [0.1, 0.15) is 23.6 Å². The fourth-order valence-corrected chi connectivity index (χ4v) is 3.81. The Labute approximate surface area is 192 Å². The Balaban J connectivity index is 1.86. The number of ether oxygens (including phenoxy) is 1. The first-order valence-corrected chi connectivity index (χ1v) is 10.7. The number of carbonyl (C=O) groups is 2. The second-order valence-corrected chi connectivity index (χ2v) is 7.98. The van der Waals surface area contributed by atoms with Gasteiger partial charge in [-0.3, -0.25) is 9.59 Å². The largest absolute Gasteiger partial charge is 0.492 e. The lowest BCUT2D eigenvalue weighted by molar-refractivity contribution is -0.120. The standard InChI is InChI=1S/C26H23ClN2O3/c1-4-32-22-8-6-5-7-21(22)29-25(30)23(18-12-9-16(2)10-13-18)24(26(29)31)28-20-15-19(27)14-11-17(20)3/h5-15,28H,4H2,1-3H3. The van der Waals surface area contributed by atoms with Crippen LogP contribution in [-0.4, -0.2) is 18.4 Å². The van der Waals surface area contributed by atoms with Crippen LogP contribution >= 0.6 is 11.6 Å². The van der Waals surface area contributed by atoms with E-state index in [0.29, 0.717) is 39.9 Å². The number of hydrogen-bond donors (Lipinski definition) is 1. The zero-order valence-electron chi connectivity index (χ0n) is 18.1. The first-order chi connectivity index (χ1) is 15.4. The highest BCUT2D eigenvalue weighted by molar-refractivity contribution is 6.46. The molecule has 5 nitrogen and oxygen atoms in total. The van der Waals surface area contributed by atoms with E-state index in [-0.39, 0.29) is 5.70 Å². The van der Waals surface area contributed by atoms with Crippen LogP contribution in [0.25, 0.3) is 5.57 Å². The third-order valence-electron chi connectivity index (χ3n) is 5.29. The fraction of sp³-hybridized carbons (Fsp3) is 0.154. The maximum atomic E-state index is 13.6. The van der Waals surface area contributed by atoms with Crippen molar-refractivity contribution in [3.05, 3.63) is 94.1 Å². The highest BCUT2D eigenvalue weighted by Crippen LogP contribution is 2.38. The molecule has 0 saturated heterocycles. The summed E-state index contributed by atoms with van der Waals surface area (Å²) in [7, 11) is 0. The second kappa shape index (κ2) is 8.89. The molecule has 0 atom stereocenters. The van der Waals surface area contributed by atoms with Crippen molar-refractivity contribution < 1.29 is 14.3 Å². The molecule has 2 amide bonds. The van der Waals surface area contributed by atoms with Gasteiger partial charge in [0.15, 0.2) is 0 Å². The van der Waals surface area contributed by atoms with E-state index in [1.807, 2.05) is 57.2 Å². The SMILES string of the molecule is CCOc1ccccc1N1C(=O)C(Nc2cc(Cl)ccc2C)=C(c2ccc(C)cc2)C1=O. The molecule has 0 spiro atoms. The molecule has 162 valence electrons. The molecule has 1 aliphatic heterocycles. The molecule has 0 radical (unpaired) electrons. The van der Waals surface area contributed by atoms with E-state index in [9.17, 15) is 9.59 Å². The van der Waals surface area contributed by atoms with Crippen LogP contribution in [0.5, 0.6) is 5.75 Å². The first-order valence-electron chi connectivity index (χ1n) is 10.4. The molecule has 1 heterocycles. The number of nitrogens with one attached hydrogen (secondary N) is 1. The summed E-state index contributed by atoms with van der Waals surface area (Å²) < 4.78 is 5.69. The molecule has 0 fully saturated rings. The van der Waals surface area contributed by atoms with Crippen molar-refractivity contribution in [2.75, 3.05) is 16.8 Å². The molecule has 1 aliphatic rings. The molecule has 3 aromatic rings. The number of anilines is 2. The number of amides is 2. The van der Waals surface area contributed by atoms with Gasteiger partial charge in [-0.1, -0.05) is 59.6 Å². The lowest BCUT2D eigenvalue weighted by Gasteiger charge is -2.19. The van der Waals surface area contributed by atoms with Gasteiger partial charge in [-0.2, -0.15) is 0 Å². The first kappa shape index (κ1) is 21.7. The third kappa shape index (κ3) is 3.99. The van der Waals surface area contributed by atoms with Crippen molar-refractivity contribution in [2.24, 2.45) is 0 Å². The van der Waals surface area contributed by atoms with Gasteiger partial charge in [0.1, 0.15) is 11.4 Å². The highest BCUT2D eigenvalue weighted by atomic mass is 35.5. The van der Waals surface area contributed by atoms with E-state index in [4.69, 9.17) is 16.3 Å². The maximum absolute atomic E-state index is 13.6. The molecule has 0 bridgehead atoms. The Morgan fingerprint density at radius 1 is 0.938 bits per heavy atom. The summed E-state index contributed by atoms with van der Waals surface area (Å²) in [5.74, 6) is -0.384. The van der Waals surface area contributed by atoms with E-state index in [0.717, 1.165) is 11.1 Å². The van der Waals surface area contributed by atoms with Gasteiger partial charge >= 0.3 is 0 Å². The quantitative estimate of drug-likeness (QED) is 0.489. The molecule has 1 N–H and O–H groups in total. The average molecular weight is 447 g/mol. The number of aryl methyl sites for hydroxylation is 2. The molecule has 32 heavy (non-hydrogen) atoms. The van der Waals surface area contributed by atoms with E-state index in [2.05, 4.69) is 5.32 Å². The van der Waals surface area contributed by atoms with Crippen LogP contribution in [0, 0.1) is 13.8 Å².